The molecule has 118 valence electrons. The highest BCUT2D eigenvalue weighted by Crippen LogP contribution is 2.29. The van der Waals surface area contributed by atoms with Crippen LogP contribution in [0.5, 0.6) is 5.75 Å². The van der Waals surface area contributed by atoms with Crippen molar-refractivity contribution in [3.8, 4) is 5.75 Å². The topological polar surface area (TPSA) is 32.7 Å². The molecule has 1 heterocycles. The van der Waals surface area contributed by atoms with E-state index in [9.17, 15) is 5.11 Å². The molecule has 0 aromatic heterocycles. The lowest BCUT2D eigenvalue weighted by Gasteiger charge is -2.38. The Bertz CT molecular complexity index is 439. The van der Waals surface area contributed by atoms with E-state index < -0.39 is 6.10 Å². The van der Waals surface area contributed by atoms with Crippen molar-refractivity contribution in [1.29, 1.82) is 0 Å². The molecule has 0 bridgehead atoms. The van der Waals surface area contributed by atoms with Gasteiger partial charge in [0.15, 0.2) is 0 Å². The summed E-state index contributed by atoms with van der Waals surface area (Å²) in [5.41, 5.74) is 1.34. The lowest BCUT2D eigenvalue weighted by Crippen LogP contribution is -2.41. The zero-order chi connectivity index (χ0) is 15.5. The molecule has 1 atom stereocenters. The Morgan fingerprint density at radius 1 is 1.24 bits per heavy atom. The van der Waals surface area contributed by atoms with Gasteiger partial charge in [-0.25, -0.2) is 0 Å². The van der Waals surface area contributed by atoms with Crippen LogP contribution in [0.3, 0.4) is 0 Å². The van der Waals surface area contributed by atoms with Crippen molar-refractivity contribution in [2.24, 2.45) is 5.41 Å². The minimum atomic E-state index is -0.424. The predicted octanol–water partition coefficient (Wildman–Crippen LogP) is 3.63. The molecule has 1 aliphatic rings. The fourth-order valence-electron chi connectivity index (χ4n) is 3.09. The third-order valence-electron chi connectivity index (χ3n) is 4.05. The SMILES string of the molecule is CC(C)Oc1ccc(C(O)CN2CCCC(C)(C)C2)cc1. The molecule has 1 aromatic rings. The number of β-amino-alcohol motifs (C(OH)–C–C–N with tert-alkyl or cyclic N) is 1. The summed E-state index contributed by atoms with van der Waals surface area (Å²) in [5.74, 6) is 0.861. The lowest BCUT2D eigenvalue weighted by atomic mass is 9.84. The first kappa shape index (κ1) is 16.3. The minimum absolute atomic E-state index is 0.177. The molecule has 0 amide bonds. The Morgan fingerprint density at radius 3 is 2.48 bits per heavy atom. The van der Waals surface area contributed by atoms with E-state index in [0.29, 0.717) is 12.0 Å². The van der Waals surface area contributed by atoms with Gasteiger partial charge in [0.2, 0.25) is 0 Å². The van der Waals surface area contributed by atoms with E-state index in [-0.39, 0.29) is 6.10 Å². The lowest BCUT2D eigenvalue weighted by molar-refractivity contribution is 0.0598. The molecule has 21 heavy (non-hydrogen) atoms. The van der Waals surface area contributed by atoms with Crippen LogP contribution in [-0.2, 0) is 0 Å². The van der Waals surface area contributed by atoms with E-state index in [4.69, 9.17) is 4.74 Å². The van der Waals surface area contributed by atoms with Gasteiger partial charge in [0.05, 0.1) is 12.2 Å². The summed E-state index contributed by atoms with van der Waals surface area (Å²) in [6, 6.07) is 7.83. The first-order valence-electron chi connectivity index (χ1n) is 8.03. The number of aliphatic hydroxyl groups is 1. The largest absolute Gasteiger partial charge is 0.491 e. The Labute approximate surface area is 128 Å². The molecule has 1 unspecified atom stereocenters. The first-order valence-corrected chi connectivity index (χ1v) is 8.03. The maximum atomic E-state index is 10.4. The molecule has 3 nitrogen and oxygen atoms in total. The highest BCUT2D eigenvalue weighted by molar-refractivity contribution is 5.28. The van der Waals surface area contributed by atoms with Crippen molar-refractivity contribution in [3.05, 3.63) is 29.8 Å². The summed E-state index contributed by atoms with van der Waals surface area (Å²) in [6.07, 6.45) is 2.25. The highest BCUT2D eigenvalue weighted by atomic mass is 16.5. The van der Waals surface area contributed by atoms with E-state index in [1.54, 1.807) is 0 Å². The van der Waals surface area contributed by atoms with Crippen molar-refractivity contribution in [3.63, 3.8) is 0 Å². The molecule has 3 heteroatoms. The summed E-state index contributed by atoms with van der Waals surface area (Å²) in [5, 5.41) is 10.4. The molecule has 1 N–H and O–H groups in total. The number of ether oxygens (including phenoxy) is 1. The van der Waals surface area contributed by atoms with Crippen LogP contribution < -0.4 is 4.74 Å². The number of hydrogen-bond acceptors (Lipinski definition) is 3. The van der Waals surface area contributed by atoms with Gasteiger partial charge in [0, 0.05) is 13.1 Å². The van der Waals surface area contributed by atoms with E-state index >= 15 is 0 Å². The zero-order valence-electron chi connectivity index (χ0n) is 13.8. The molecule has 0 radical (unpaired) electrons. The van der Waals surface area contributed by atoms with Gasteiger partial charge >= 0.3 is 0 Å². The van der Waals surface area contributed by atoms with E-state index in [1.165, 1.54) is 12.8 Å². The smallest absolute Gasteiger partial charge is 0.119 e. The molecule has 1 fully saturated rings. The normalized spacial score (nSPS) is 20.5. The standard InChI is InChI=1S/C18H29NO2/c1-14(2)21-16-8-6-15(7-9-16)17(20)12-19-11-5-10-18(3,4)13-19/h6-9,14,17,20H,5,10-13H2,1-4H3. The van der Waals surface area contributed by atoms with Crippen LogP contribution in [0.1, 0.15) is 52.2 Å². The minimum Gasteiger partial charge on any atom is -0.491 e. The molecule has 1 aliphatic heterocycles. The molecular formula is C18H29NO2. The number of piperidine rings is 1. The van der Waals surface area contributed by atoms with Crippen LogP contribution in [0.15, 0.2) is 24.3 Å². The van der Waals surface area contributed by atoms with Crippen LogP contribution in [0.4, 0.5) is 0 Å². The summed E-state index contributed by atoms with van der Waals surface area (Å²) in [6.45, 7) is 11.5. The van der Waals surface area contributed by atoms with Gasteiger partial charge < -0.3 is 9.84 Å². The molecule has 2 rings (SSSR count). The average molecular weight is 291 g/mol. The molecule has 1 saturated heterocycles. The Kier molecular flexibility index (Phi) is 5.28. The van der Waals surface area contributed by atoms with Crippen molar-refractivity contribution >= 4 is 0 Å². The summed E-state index contributed by atoms with van der Waals surface area (Å²) in [4.78, 5) is 2.38. The quantitative estimate of drug-likeness (QED) is 0.899. The Morgan fingerprint density at radius 2 is 1.90 bits per heavy atom. The number of benzene rings is 1. The van der Waals surface area contributed by atoms with Gasteiger partial charge in [0.1, 0.15) is 5.75 Å². The molecule has 0 saturated carbocycles. The second-order valence-corrected chi connectivity index (χ2v) is 7.25. The average Bonchev–Trinajstić information content (AvgIpc) is 2.37. The van der Waals surface area contributed by atoms with Gasteiger partial charge in [-0.2, -0.15) is 0 Å². The Hall–Kier alpha value is -1.06. The van der Waals surface area contributed by atoms with Crippen molar-refractivity contribution in [2.45, 2.75) is 52.7 Å². The maximum absolute atomic E-state index is 10.4. The first-order chi connectivity index (χ1) is 9.85. The van der Waals surface area contributed by atoms with Gasteiger partial charge in [-0.1, -0.05) is 26.0 Å². The fraction of sp³-hybridized carbons (Fsp3) is 0.667. The summed E-state index contributed by atoms with van der Waals surface area (Å²) >= 11 is 0. The maximum Gasteiger partial charge on any atom is 0.119 e. The fourth-order valence-corrected chi connectivity index (χ4v) is 3.09. The van der Waals surface area contributed by atoms with Gasteiger partial charge in [-0.05, 0) is 56.3 Å². The predicted molar refractivity (Wildman–Crippen MR) is 86.6 cm³/mol. The monoisotopic (exact) mass is 291 g/mol. The number of likely N-dealkylation sites (tertiary alicyclic amines) is 1. The zero-order valence-corrected chi connectivity index (χ0v) is 13.8. The van der Waals surface area contributed by atoms with Crippen molar-refractivity contribution in [2.75, 3.05) is 19.6 Å². The van der Waals surface area contributed by atoms with Gasteiger partial charge in [-0.15, -0.1) is 0 Å². The molecule has 1 aromatic carbocycles. The summed E-state index contributed by atoms with van der Waals surface area (Å²) in [7, 11) is 0. The van der Waals surface area contributed by atoms with Crippen LogP contribution in [0.2, 0.25) is 0 Å². The van der Waals surface area contributed by atoms with Crippen LogP contribution in [0, 0.1) is 5.41 Å². The number of rotatable bonds is 5. The second kappa shape index (κ2) is 6.80. The second-order valence-electron chi connectivity index (χ2n) is 7.25. The third kappa shape index (κ3) is 5.01. The van der Waals surface area contributed by atoms with Crippen LogP contribution >= 0.6 is 0 Å². The number of nitrogens with zero attached hydrogens (tertiary/aromatic N) is 1. The van der Waals surface area contributed by atoms with Crippen molar-refractivity contribution < 1.29 is 9.84 Å². The highest BCUT2D eigenvalue weighted by Gasteiger charge is 2.27. The Balaban J connectivity index is 1.92. The van der Waals surface area contributed by atoms with E-state index in [2.05, 4.69) is 18.7 Å². The van der Waals surface area contributed by atoms with Gasteiger partial charge in [-0.3, -0.25) is 4.90 Å². The molecule has 0 aliphatic carbocycles. The summed E-state index contributed by atoms with van der Waals surface area (Å²) < 4.78 is 5.63. The third-order valence-corrected chi connectivity index (χ3v) is 4.05. The van der Waals surface area contributed by atoms with Crippen LogP contribution in [0.25, 0.3) is 0 Å². The molecule has 0 spiro atoms. The van der Waals surface area contributed by atoms with Gasteiger partial charge in [0.25, 0.3) is 0 Å². The van der Waals surface area contributed by atoms with E-state index in [0.717, 1.165) is 24.4 Å². The van der Waals surface area contributed by atoms with E-state index in [1.807, 2.05) is 38.1 Å². The number of hydrogen-bond donors (Lipinski definition) is 1. The van der Waals surface area contributed by atoms with Crippen LogP contribution in [-0.4, -0.2) is 35.7 Å². The van der Waals surface area contributed by atoms with Crippen molar-refractivity contribution in [1.82, 2.24) is 4.90 Å². The molecular weight excluding hydrogens is 262 g/mol. The number of aliphatic hydroxyl groups excluding tert-OH is 1.